The molecule has 0 bridgehead atoms. The lowest BCUT2D eigenvalue weighted by atomic mass is 10.1. The predicted molar refractivity (Wildman–Crippen MR) is 112 cm³/mol. The fraction of sp³-hybridized carbons (Fsp3) is 0.190. The minimum atomic E-state index is -1.06. The van der Waals surface area contributed by atoms with Gasteiger partial charge < -0.3 is 19.6 Å². The molecular weight excluding hydrogens is 409 g/mol. The highest BCUT2D eigenvalue weighted by Gasteiger charge is 2.19. The number of benzene rings is 1. The first kappa shape index (κ1) is 19.8. The Morgan fingerprint density at radius 2 is 2.20 bits per heavy atom. The molecule has 154 valence electrons. The quantitative estimate of drug-likeness (QED) is 0.415. The van der Waals surface area contributed by atoms with Crippen molar-refractivity contribution in [3.8, 4) is 16.5 Å². The molecule has 3 aromatic heterocycles. The summed E-state index contributed by atoms with van der Waals surface area (Å²) in [5, 5.41) is 13.4. The Morgan fingerprint density at radius 1 is 1.33 bits per heavy atom. The van der Waals surface area contributed by atoms with Crippen molar-refractivity contribution in [2.24, 2.45) is 0 Å². The number of carboxylic acid groups (broad SMARTS) is 1. The number of ether oxygens (including phenoxy) is 1. The van der Waals surface area contributed by atoms with Gasteiger partial charge in [0.25, 0.3) is 0 Å². The second-order valence-corrected chi connectivity index (χ2v) is 7.44. The average Bonchev–Trinajstić information content (AvgIpc) is 3.35. The molecule has 0 aliphatic carbocycles. The number of halogens is 1. The lowest BCUT2D eigenvalue weighted by Crippen LogP contribution is -2.08. The SMILES string of the molecule is CCOc1cc(-c2nccc(NCCc3cc4ccoc4cc3F)n2)sc1C(=O)O. The standard InChI is InChI=1S/C21H18FN3O4S/c1-2-28-16-11-17(30-19(16)21(26)27)20-24-7-4-18(25-20)23-6-3-12-9-13-5-8-29-15(13)10-14(12)22/h4-5,7-11H,2-3,6H2,1H3,(H,26,27)(H,23,24,25). The summed E-state index contributed by atoms with van der Waals surface area (Å²) in [6.45, 7) is 2.61. The van der Waals surface area contributed by atoms with E-state index in [9.17, 15) is 14.3 Å². The molecule has 0 aliphatic rings. The first-order valence-electron chi connectivity index (χ1n) is 9.28. The molecule has 0 atom stereocenters. The molecule has 0 fully saturated rings. The number of fused-ring (bicyclic) bond motifs is 1. The van der Waals surface area contributed by atoms with E-state index in [0.29, 0.717) is 53.0 Å². The number of furan rings is 1. The maximum Gasteiger partial charge on any atom is 0.349 e. The molecule has 4 aromatic rings. The van der Waals surface area contributed by atoms with Crippen LogP contribution in [0.5, 0.6) is 5.75 Å². The number of hydrogen-bond donors (Lipinski definition) is 2. The van der Waals surface area contributed by atoms with Gasteiger partial charge in [-0.2, -0.15) is 0 Å². The molecule has 0 saturated carbocycles. The van der Waals surface area contributed by atoms with E-state index in [1.165, 1.54) is 12.3 Å². The Bertz CT molecular complexity index is 1200. The highest BCUT2D eigenvalue weighted by atomic mass is 32.1. The van der Waals surface area contributed by atoms with Crippen molar-refractivity contribution >= 4 is 34.1 Å². The summed E-state index contributed by atoms with van der Waals surface area (Å²) in [6, 6.07) is 8.29. The van der Waals surface area contributed by atoms with Crippen molar-refractivity contribution in [3.05, 3.63) is 59.0 Å². The zero-order chi connectivity index (χ0) is 21.1. The van der Waals surface area contributed by atoms with Gasteiger partial charge in [0.05, 0.1) is 17.7 Å². The molecule has 1 aromatic carbocycles. The van der Waals surface area contributed by atoms with Crippen LogP contribution in [0.25, 0.3) is 21.7 Å². The van der Waals surface area contributed by atoms with Crippen LogP contribution in [0.4, 0.5) is 10.2 Å². The minimum Gasteiger partial charge on any atom is -0.492 e. The van der Waals surface area contributed by atoms with Crippen molar-refractivity contribution in [2.75, 3.05) is 18.5 Å². The predicted octanol–water partition coefficient (Wildman–Crippen LogP) is 4.84. The van der Waals surface area contributed by atoms with Gasteiger partial charge in [0, 0.05) is 30.3 Å². The van der Waals surface area contributed by atoms with Crippen LogP contribution in [-0.4, -0.2) is 34.2 Å². The van der Waals surface area contributed by atoms with Crippen LogP contribution in [0.2, 0.25) is 0 Å². The fourth-order valence-electron chi connectivity index (χ4n) is 3.02. The highest BCUT2D eigenvalue weighted by Crippen LogP contribution is 2.35. The largest absolute Gasteiger partial charge is 0.492 e. The van der Waals surface area contributed by atoms with E-state index in [2.05, 4.69) is 15.3 Å². The van der Waals surface area contributed by atoms with Crippen LogP contribution in [0.3, 0.4) is 0 Å². The third-order valence-electron chi connectivity index (χ3n) is 4.39. The van der Waals surface area contributed by atoms with Crippen molar-refractivity contribution in [1.82, 2.24) is 9.97 Å². The molecule has 0 radical (unpaired) electrons. The topological polar surface area (TPSA) is 97.5 Å². The lowest BCUT2D eigenvalue weighted by molar-refractivity contribution is 0.0698. The maximum absolute atomic E-state index is 14.2. The molecule has 30 heavy (non-hydrogen) atoms. The average molecular weight is 427 g/mol. The van der Waals surface area contributed by atoms with Crippen LogP contribution < -0.4 is 10.1 Å². The van der Waals surface area contributed by atoms with E-state index in [1.54, 1.807) is 37.4 Å². The lowest BCUT2D eigenvalue weighted by Gasteiger charge is -2.07. The Morgan fingerprint density at radius 3 is 3.00 bits per heavy atom. The van der Waals surface area contributed by atoms with Crippen molar-refractivity contribution in [1.29, 1.82) is 0 Å². The Kier molecular flexibility index (Phi) is 5.62. The maximum atomic E-state index is 14.2. The molecule has 9 heteroatoms. The second kappa shape index (κ2) is 8.50. The highest BCUT2D eigenvalue weighted by molar-refractivity contribution is 7.17. The van der Waals surface area contributed by atoms with Gasteiger partial charge in [-0.15, -0.1) is 11.3 Å². The molecular formula is C21H18FN3O4S. The first-order valence-corrected chi connectivity index (χ1v) is 10.1. The number of nitrogens with zero attached hydrogens (tertiary/aromatic N) is 2. The Labute approximate surface area is 175 Å². The summed E-state index contributed by atoms with van der Waals surface area (Å²) in [6.07, 6.45) is 3.58. The third kappa shape index (κ3) is 4.11. The smallest absolute Gasteiger partial charge is 0.349 e. The van der Waals surface area contributed by atoms with E-state index in [-0.39, 0.29) is 10.7 Å². The molecule has 0 aliphatic heterocycles. The Hall–Kier alpha value is -3.46. The van der Waals surface area contributed by atoms with Gasteiger partial charge >= 0.3 is 5.97 Å². The van der Waals surface area contributed by atoms with E-state index >= 15 is 0 Å². The molecule has 4 rings (SSSR count). The third-order valence-corrected chi connectivity index (χ3v) is 5.49. The summed E-state index contributed by atoms with van der Waals surface area (Å²) in [5.74, 6) is -0.110. The molecule has 0 spiro atoms. The first-order chi connectivity index (χ1) is 14.5. The van der Waals surface area contributed by atoms with Gasteiger partial charge in [0.2, 0.25) is 0 Å². The van der Waals surface area contributed by atoms with Crippen molar-refractivity contribution < 1.29 is 23.4 Å². The van der Waals surface area contributed by atoms with Crippen LogP contribution in [-0.2, 0) is 6.42 Å². The fourth-order valence-corrected chi connectivity index (χ4v) is 3.90. The number of thiophene rings is 1. The second-order valence-electron chi connectivity index (χ2n) is 6.39. The monoisotopic (exact) mass is 427 g/mol. The van der Waals surface area contributed by atoms with Crippen molar-refractivity contribution in [3.63, 3.8) is 0 Å². The van der Waals surface area contributed by atoms with Gasteiger partial charge in [-0.1, -0.05) is 0 Å². The summed E-state index contributed by atoms with van der Waals surface area (Å²) < 4.78 is 24.8. The number of aromatic nitrogens is 2. The summed E-state index contributed by atoms with van der Waals surface area (Å²) in [7, 11) is 0. The van der Waals surface area contributed by atoms with Gasteiger partial charge in [0.15, 0.2) is 10.7 Å². The number of carbonyl (C=O) groups is 1. The van der Waals surface area contributed by atoms with E-state index in [1.807, 2.05) is 0 Å². The number of anilines is 1. The van der Waals surface area contributed by atoms with Gasteiger partial charge in [-0.3, -0.25) is 0 Å². The van der Waals surface area contributed by atoms with Gasteiger partial charge in [-0.25, -0.2) is 19.2 Å². The summed E-state index contributed by atoms with van der Waals surface area (Å²) in [4.78, 5) is 20.8. The minimum absolute atomic E-state index is 0.110. The van der Waals surface area contributed by atoms with Crippen molar-refractivity contribution in [2.45, 2.75) is 13.3 Å². The molecule has 2 N–H and O–H groups in total. The number of carboxylic acids is 1. The summed E-state index contributed by atoms with van der Waals surface area (Å²) >= 11 is 1.06. The number of nitrogens with one attached hydrogen (secondary N) is 1. The molecule has 0 unspecified atom stereocenters. The summed E-state index contributed by atoms with van der Waals surface area (Å²) in [5.41, 5.74) is 1.10. The van der Waals surface area contributed by atoms with Crippen LogP contribution >= 0.6 is 11.3 Å². The van der Waals surface area contributed by atoms with Gasteiger partial charge in [0.1, 0.15) is 23.0 Å². The molecule has 7 nitrogen and oxygen atoms in total. The number of rotatable bonds is 8. The zero-order valence-corrected chi connectivity index (χ0v) is 16.8. The molecule has 3 heterocycles. The Balaban J connectivity index is 1.47. The number of hydrogen-bond acceptors (Lipinski definition) is 7. The molecule has 0 amide bonds. The molecule has 0 saturated heterocycles. The van der Waals surface area contributed by atoms with Crippen LogP contribution in [0, 0.1) is 5.82 Å². The normalized spacial score (nSPS) is 11.0. The van der Waals surface area contributed by atoms with E-state index < -0.39 is 5.97 Å². The van der Waals surface area contributed by atoms with E-state index in [4.69, 9.17) is 9.15 Å². The van der Waals surface area contributed by atoms with Crippen LogP contribution in [0.1, 0.15) is 22.2 Å². The number of aromatic carboxylic acids is 1. The zero-order valence-electron chi connectivity index (χ0n) is 16.0. The van der Waals surface area contributed by atoms with Gasteiger partial charge in [-0.05, 0) is 37.1 Å². The van der Waals surface area contributed by atoms with E-state index in [0.717, 1.165) is 16.7 Å². The van der Waals surface area contributed by atoms with Crippen LogP contribution in [0.15, 0.2) is 47.2 Å².